The molecule has 0 aromatic rings. The van der Waals surface area contributed by atoms with Gasteiger partial charge in [-0.25, -0.2) is 0 Å². The van der Waals surface area contributed by atoms with Crippen molar-refractivity contribution < 1.29 is 0 Å². The Kier molecular flexibility index (Phi) is 14.9. The van der Waals surface area contributed by atoms with Gasteiger partial charge in [-0.05, 0) is 0 Å². The van der Waals surface area contributed by atoms with Crippen LogP contribution in [-0.4, -0.2) is 16.3 Å². The van der Waals surface area contributed by atoms with E-state index < -0.39 is 0 Å². The van der Waals surface area contributed by atoms with Gasteiger partial charge in [0.1, 0.15) is 0 Å². The van der Waals surface area contributed by atoms with Crippen LogP contribution in [0.1, 0.15) is 117 Å². The highest BCUT2D eigenvalue weighted by atomic mass is 27.0. The normalized spacial score (nSPS) is 11.9. The Labute approximate surface area is 137 Å². The molecular weight excluding hydrogens is 255 g/mol. The van der Waals surface area contributed by atoms with Crippen LogP contribution in [0, 0.1) is 0 Å². The molecule has 0 bridgehead atoms. The Hall–Kier alpha value is 0.532. The molecule has 1 heteroatoms. The highest BCUT2D eigenvalue weighted by Gasteiger charge is 2.22. The molecule has 0 aliphatic heterocycles. The molecule has 0 rings (SSSR count). The fourth-order valence-corrected chi connectivity index (χ4v) is 4.37. The summed E-state index contributed by atoms with van der Waals surface area (Å²) in [5, 5.41) is 0. The molecule has 0 heterocycles. The summed E-state index contributed by atoms with van der Waals surface area (Å²) in [5.41, 5.74) is 0. The van der Waals surface area contributed by atoms with E-state index in [1.807, 2.05) is 0 Å². The van der Waals surface area contributed by atoms with Crippen LogP contribution in [0.15, 0.2) is 0 Å². The van der Waals surface area contributed by atoms with Gasteiger partial charge >= 0.3 is 0 Å². The van der Waals surface area contributed by atoms with E-state index in [1.165, 1.54) is 113 Å². The number of hydrogen-bond acceptors (Lipinski definition) is 0. The zero-order chi connectivity index (χ0) is 15.1. The average Bonchev–Trinajstić information content (AvgIpc) is 2.45. The second-order valence-electron chi connectivity index (χ2n) is 7.24. The first-order chi connectivity index (χ1) is 9.68. The van der Waals surface area contributed by atoms with Gasteiger partial charge in [-0.1, -0.05) is 121 Å². The van der Waals surface area contributed by atoms with Crippen LogP contribution in [0.5, 0.6) is 0 Å². The van der Waals surface area contributed by atoms with Crippen molar-refractivity contribution in [2.75, 3.05) is 0 Å². The molecule has 0 saturated heterocycles. The maximum atomic E-state index is 2.32. The third-order valence-electron chi connectivity index (χ3n) is 4.90. The summed E-state index contributed by atoms with van der Waals surface area (Å²) in [4.78, 5) is 0. The van der Waals surface area contributed by atoms with Crippen molar-refractivity contribution >= 4 is 16.3 Å². The van der Waals surface area contributed by atoms with Gasteiger partial charge in [-0.3, -0.25) is 0 Å². The van der Waals surface area contributed by atoms with Gasteiger partial charge < -0.3 is 0 Å². The van der Waals surface area contributed by atoms with Crippen molar-refractivity contribution in [1.29, 1.82) is 0 Å². The standard InChI is InChI=1S/C19H39.Al.2H/c1-4-7-10-13-16-19(17-14-11-8-5-2)18-15-12-9-6-3;;;/h4-18H2,1-3H3;;;. The van der Waals surface area contributed by atoms with Crippen LogP contribution in [0.3, 0.4) is 0 Å². The monoisotopic (exact) mass is 296 g/mol. The summed E-state index contributed by atoms with van der Waals surface area (Å²) >= 11 is 1.42. The number of rotatable bonds is 15. The molecule has 0 atom stereocenters. The maximum absolute atomic E-state index is 2.32. The number of unbranched alkanes of at least 4 members (excludes halogenated alkanes) is 9. The summed E-state index contributed by atoms with van der Waals surface area (Å²) in [7, 11) is 0. The van der Waals surface area contributed by atoms with Crippen LogP contribution in [0.2, 0.25) is 4.28 Å². The quantitative estimate of drug-likeness (QED) is 0.233. The molecule has 20 heavy (non-hydrogen) atoms. The molecule has 0 aliphatic carbocycles. The minimum atomic E-state index is 0.787. The van der Waals surface area contributed by atoms with Gasteiger partial charge in [0, 0.05) is 0 Å². The van der Waals surface area contributed by atoms with Crippen molar-refractivity contribution in [1.82, 2.24) is 0 Å². The highest BCUT2D eigenvalue weighted by Crippen LogP contribution is 2.40. The van der Waals surface area contributed by atoms with Gasteiger partial charge in [0.15, 0.2) is 0 Å². The van der Waals surface area contributed by atoms with E-state index >= 15 is 0 Å². The van der Waals surface area contributed by atoms with Gasteiger partial charge in [0.25, 0.3) is 0 Å². The second-order valence-corrected chi connectivity index (χ2v) is 9.36. The minimum absolute atomic E-state index is 0.787. The van der Waals surface area contributed by atoms with Crippen molar-refractivity contribution in [3.63, 3.8) is 0 Å². The first-order valence-electron chi connectivity index (χ1n) is 9.68. The van der Waals surface area contributed by atoms with E-state index in [2.05, 4.69) is 20.8 Å². The molecule has 0 radical (unpaired) electrons. The van der Waals surface area contributed by atoms with E-state index in [9.17, 15) is 0 Å². The van der Waals surface area contributed by atoms with E-state index in [0.717, 1.165) is 4.28 Å². The summed E-state index contributed by atoms with van der Waals surface area (Å²) < 4.78 is 0.787. The van der Waals surface area contributed by atoms with E-state index in [1.54, 1.807) is 0 Å². The topological polar surface area (TPSA) is 0 Å². The third-order valence-corrected chi connectivity index (χ3v) is 6.40. The molecule has 0 fully saturated rings. The minimum Gasteiger partial charge on any atom is -0.0796 e. The lowest BCUT2D eigenvalue weighted by Crippen LogP contribution is -2.13. The lowest BCUT2D eigenvalue weighted by molar-refractivity contribution is 0.388. The van der Waals surface area contributed by atoms with Crippen molar-refractivity contribution in [3.05, 3.63) is 0 Å². The Balaban J connectivity index is 3.98. The zero-order valence-electron chi connectivity index (χ0n) is 15.1. The Morgan fingerprint density at radius 1 is 0.500 bits per heavy atom. The van der Waals surface area contributed by atoms with Crippen molar-refractivity contribution in [2.45, 2.75) is 121 Å². The van der Waals surface area contributed by atoms with Crippen LogP contribution in [0.25, 0.3) is 0 Å². The fraction of sp³-hybridized carbons (Fsp3) is 1.00. The van der Waals surface area contributed by atoms with Crippen molar-refractivity contribution in [2.24, 2.45) is 0 Å². The third kappa shape index (κ3) is 12.3. The molecule has 0 N–H and O–H groups in total. The number of hydrogen-bond donors (Lipinski definition) is 0. The molecule has 0 aromatic carbocycles. The molecular formula is C19H41Al. The Morgan fingerprint density at radius 2 is 0.800 bits per heavy atom. The van der Waals surface area contributed by atoms with Crippen LogP contribution >= 0.6 is 0 Å². The lowest BCUT2D eigenvalue weighted by Gasteiger charge is -2.30. The molecule has 0 spiro atoms. The van der Waals surface area contributed by atoms with E-state index in [-0.39, 0.29) is 0 Å². The van der Waals surface area contributed by atoms with E-state index in [4.69, 9.17) is 0 Å². The largest absolute Gasteiger partial charge is 0.221 e. The van der Waals surface area contributed by atoms with E-state index in [0.29, 0.717) is 0 Å². The predicted octanol–water partition coefficient (Wildman–Crippen LogP) is 6.69. The highest BCUT2D eigenvalue weighted by molar-refractivity contribution is 6.15. The van der Waals surface area contributed by atoms with Crippen LogP contribution in [0.4, 0.5) is 0 Å². The molecule has 0 saturated carbocycles. The maximum Gasteiger partial charge on any atom is 0.221 e. The summed E-state index contributed by atoms with van der Waals surface area (Å²) in [6, 6.07) is 0. The average molecular weight is 297 g/mol. The van der Waals surface area contributed by atoms with Gasteiger partial charge in [-0.2, -0.15) is 0 Å². The smallest absolute Gasteiger partial charge is 0.0796 e. The van der Waals surface area contributed by atoms with Crippen molar-refractivity contribution in [3.8, 4) is 0 Å². The lowest BCUT2D eigenvalue weighted by atomic mass is 9.88. The predicted molar refractivity (Wildman–Crippen MR) is 97.5 cm³/mol. The first kappa shape index (κ1) is 20.5. The SMILES string of the molecule is CCCCCC[C]([AlH2])(CCCCCC)CCCCCC. The molecule has 0 unspecified atom stereocenters. The summed E-state index contributed by atoms with van der Waals surface area (Å²) in [6.07, 6.45) is 22.0. The summed E-state index contributed by atoms with van der Waals surface area (Å²) in [5.74, 6) is 0. The Morgan fingerprint density at radius 3 is 1.05 bits per heavy atom. The second kappa shape index (κ2) is 14.5. The fourth-order valence-electron chi connectivity index (χ4n) is 3.31. The first-order valence-corrected chi connectivity index (χ1v) is 10.7. The zero-order valence-corrected chi connectivity index (χ0v) is 17.1. The van der Waals surface area contributed by atoms with Crippen LogP contribution in [-0.2, 0) is 0 Å². The van der Waals surface area contributed by atoms with Crippen LogP contribution < -0.4 is 0 Å². The molecule has 0 aliphatic rings. The molecule has 0 aromatic heterocycles. The molecule has 0 nitrogen and oxygen atoms in total. The van der Waals surface area contributed by atoms with Gasteiger partial charge in [-0.15, -0.1) is 0 Å². The van der Waals surface area contributed by atoms with Gasteiger partial charge in [0.05, 0.1) is 0 Å². The summed E-state index contributed by atoms with van der Waals surface area (Å²) in [6.45, 7) is 6.97. The Bertz CT molecular complexity index is 157. The van der Waals surface area contributed by atoms with Gasteiger partial charge in [0.2, 0.25) is 16.3 Å². The molecule has 0 amide bonds. The molecule has 120 valence electrons.